The number of fused-ring (bicyclic) bond motifs is 1. The van der Waals surface area contributed by atoms with Crippen LogP contribution in [0.4, 0.5) is 0 Å². The number of hydrogen-bond donors (Lipinski definition) is 1. The molecule has 1 unspecified atom stereocenters. The smallest absolute Gasteiger partial charge is 0.263 e. The van der Waals surface area contributed by atoms with Gasteiger partial charge in [-0.05, 0) is 31.0 Å². The van der Waals surface area contributed by atoms with E-state index >= 15 is 0 Å². The highest BCUT2D eigenvalue weighted by molar-refractivity contribution is 7.13. The molecule has 0 bridgehead atoms. The molecule has 3 rings (SSSR count). The molecule has 1 atom stereocenters. The molecule has 21 heavy (non-hydrogen) atoms. The summed E-state index contributed by atoms with van der Waals surface area (Å²) in [5, 5.41) is 3.94. The molecule has 1 aliphatic heterocycles. The molecule has 0 spiro atoms. The molecule has 1 aliphatic rings. The molecule has 0 saturated heterocycles. The van der Waals surface area contributed by atoms with Crippen molar-refractivity contribution in [1.82, 2.24) is 10.3 Å². The van der Waals surface area contributed by atoms with Gasteiger partial charge in [0.2, 0.25) is 6.79 Å². The van der Waals surface area contributed by atoms with Crippen LogP contribution in [0.5, 0.6) is 11.5 Å². The van der Waals surface area contributed by atoms with Gasteiger partial charge in [-0.1, -0.05) is 13.0 Å². The number of carbonyl (C=O) groups is 1. The molecule has 0 fully saturated rings. The third kappa shape index (κ3) is 2.85. The van der Waals surface area contributed by atoms with Crippen molar-refractivity contribution >= 4 is 17.2 Å². The van der Waals surface area contributed by atoms with E-state index in [1.165, 1.54) is 11.3 Å². The zero-order valence-corrected chi connectivity index (χ0v) is 12.7. The van der Waals surface area contributed by atoms with Crippen molar-refractivity contribution in [2.45, 2.75) is 26.3 Å². The molecule has 0 aliphatic carbocycles. The molecule has 2 aromatic rings. The zero-order chi connectivity index (χ0) is 14.8. The minimum atomic E-state index is -0.112. The average Bonchev–Trinajstić information content (AvgIpc) is 3.15. The first kappa shape index (κ1) is 13.9. The number of aromatic nitrogens is 1. The first-order valence-corrected chi connectivity index (χ1v) is 7.64. The predicted octanol–water partition coefficient (Wildman–Crippen LogP) is 2.93. The van der Waals surface area contributed by atoms with Crippen molar-refractivity contribution in [2.75, 3.05) is 6.79 Å². The van der Waals surface area contributed by atoms with Gasteiger partial charge in [0.1, 0.15) is 4.88 Å². The highest BCUT2D eigenvalue weighted by Gasteiger charge is 2.18. The summed E-state index contributed by atoms with van der Waals surface area (Å²) < 4.78 is 10.6. The van der Waals surface area contributed by atoms with Crippen LogP contribution in [0.1, 0.15) is 40.1 Å². The van der Waals surface area contributed by atoms with Crippen LogP contribution in [0.25, 0.3) is 0 Å². The van der Waals surface area contributed by atoms with E-state index in [4.69, 9.17) is 9.47 Å². The van der Waals surface area contributed by atoms with Crippen LogP contribution in [-0.2, 0) is 6.42 Å². The molecule has 6 heteroatoms. The van der Waals surface area contributed by atoms with E-state index in [-0.39, 0.29) is 18.7 Å². The fraction of sp³-hybridized carbons (Fsp3) is 0.333. The van der Waals surface area contributed by atoms with Gasteiger partial charge in [-0.25, -0.2) is 4.98 Å². The average molecular weight is 304 g/mol. The summed E-state index contributed by atoms with van der Waals surface area (Å²) in [7, 11) is 0. The van der Waals surface area contributed by atoms with Crippen LogP contribution < -0.4 is 14.8 Å². The first-order valence-electron chi connectivity index (χ1n) is 6.82. The van der Waals surface area contributed by atoms with Crippen molar-refractivity contribution in [1.29, 1.82) is 0 Å². The maximum absolute atomic E-state index is 12.2. The van der Waals surface area contributed by atoms with E-state index in [2.05, 4.69) is 10.3 Å². The van der Waals surface area contributed by atoms with Crippen molar-refractivity contribution in [3.8, 4) is 11.5 Å². The van der Waals surface area contributed by atoms with E-state index in [9.17, 15) is 4.79 Å². The van der Waals surface area contributed by atoms with Gasteiger partial charge in [-0.15, -0.1) is 11.3 Å². The summed E-state index contributed by atoms with van der Waals surface area (Å²) in [6.07, 6.45) is 2.47. The van der Waals surface area contributed by atoms with Crippen LogP contribution in [0.3, 0.4) is 0 Å². The minimum Gasteiger partial charge on any atom is -0.454 e. The van der Waals surface area contributed by atoms with E-state index in [1.807, 2.05) is 32.0 Å². The lowest BCUT2D eigenvalue weighted by Gasteiger charge is -2.14. The van der Waals surface area contributed by atoms with Crippen molar-refractivity contribution in [3.05, 3.63) is 39.8 Å². The third-order valence-corrected chi connectivity index (χ3v) is 4.46. The summed E-state index contributed by atoms with van der Waals surface area (Å²) in [5.74, 6) is 1.37. The van der Waals surface area contributed by atoms with E-state index in [0.717, 1.165) is 28.5 Å². The van der Waals surface area contributed by atoms with Crippen LogP contribution >= 0.6 is 11.3 Å². The highest BCUT2D eigenvalue weighted by atomic mass is 32.1. The summed E-state index contributed by atoms with van der Waals surface area (Å²) in [5.41, 5.74) is 0.979. The number of ether oxygens (including phenoxy) is 2. The fourth-order valence-electron chi connectivity index (χ4n) is 2.11. The summed E-state index contributed by atoms with van der Waals surface area (Å²) >= 11 is 1.43. The summed E-state index contributed by atoms with van der Waals surface area (Å²) in [6, 6.07) is 5.58. The molecule has 1 aromatic carbocycles. The Morgan fingerprint density at radius 1 is 1.43 bits per heavy atom. The van der Waals surface area contributed by atoms with Crippen LogP contribution in [-0.4, -0.2) is 17.7 Å². The Kier molecular flexibility index (Phi) is 3.79. The summed E-state index contributed by atoms with van der Waals surface area (Å²) in [4.78, 5) is 17.0. The zero-order valence-electron chi connectivity index (χ0n) is 11.9. The number of amides is 1. The second-order valence-corrected chi connectivity index (χ2v) is 5.89. The topological polar surface area (TPSA) is 60.5 Å². The number of hydrogen-bond acceptors (Lipinski definition) is 5. The number of rotatable bonds is 4. The Hall–Kier alpha value is -2.08. The van der Waals surface area contributed by atoms with Gasteiger partial charge in [-0.2, -0.15) is 0 Å². The van der Waals surface area contributed by atoms with Crippen LogP contribution in [0.15, 0.2) is 24.4 Å². The number of nitrogens with one attached hydrogen (secondary N) is 1. The second-order valence-electron chi connectivity index (χ2n) is 4.78. The Bertz CT molecular complexity index is 669. The van der Waals surface area contributed by atoms with Crippen molar-refractivity contribution < 1.29 is 14.3 Å². The van der Waals surface area contributed by atoms with E-state index in [0.29, 0.717) is 4.88 Å². The molecule has 110 valence electrons. The molecule has 2 heterocycles. The van der Waals surface area contributed by atoms with Crippen LogP contribution in [0, 0.1) is 0 Å². The lowest BCUT2D eigenvalue weighted by atomic mass is 10.1. The predicted molar refractivity (Wildman–Crippen MR) is 79.9 cm³/mol. The van der Waals surface area contributed by atoms with Crippen LogP contribution in [0.2, 0.25) is 0 Å². The molecule has 1 aromatic heterocycles. The number of nitrogens with zero attached hydrogens (tertiary/aromatic N) is 1. The lowest BCUT2D eigenvalue weighted by molar-refractivity contribution is 0.0943. The quantitative estimate of drug-likeness (QED) is 0.943. The van der Waals surface area contributed by atoms with Crippen molar-refractivity contribution in [3.63, 3.8) is 0 Å². The second kappa shape index (κ2) is 5.73. The van der Waals surface area contributed by atoms with Crippen molar-refractivity contribution in [2.24, 2.45) is 0 Å². The van der Waals surface area contributed by atoms with Gasteiger partial charge in [-0.3, -0.25) is 4.79 Å². The normalized spacial score (nSPS) is 14.0. The van der Waals surface area contributed by atoms with Gasteiger partial charge in [0.15, 0.2) is 11.5 Å². The molecular weight excluding hydrogens is 288 g/mol. The Morgan fingerprint density at radius 3 is 3.00 bits per heavy atom. The first-order chi connectivity index (χ1) is 10.2. The van der Waals surface area contributed by atoms with E-state index in [1.54, 1.807) is 6.20 Å². The number of benzene rings is 1. The molecule has 0 saturated carbocycles. The van der Waals surface area contributed by atoms with Gasteiger partial charge >= 0.3 is 0 Å². The minimum absolute atomic E-state index is 0.0997. The van der Waals surface area contributed by atoms with Gasteiger partial charge in [0.25, 0.3) is 5.91 Å². The van der Waals surface area contributed by atoms with Gasteiger partial charge in [0, 0.05) is 0 Å². The molecule has 0 radical (unpaired) electrons. The highest BCUT2D eigenvalue weighted by Crippen LogP contribution is 2.34. The SMILES string of the molecule is CCc1ncc(C(=O)NC(C)c2ccc3c(c2)OCO3)s1. The maximum atomic E-state index is 12.2. The standard InChI is InChI=1S/C15H16N2O3S/c1-3-14-16-7-13(21-14)15(18)17-9(2)10-4-5-11-12(6-10)20-8-19-11/h4-7,9H,3,8H2,1-2H3,(H,17,18). The van der Waals surface area contributed by atoms with Gasteiger partial charge < -0.3 is 14.8 Å². The molecule has 5 nitrogen and oxygen atoms in total. The largest absolute Gasteiger partial charge is 0.454 e. The third-order valence-electron chi connectivity index (χ3n) is 3.32. The summed E-state index contributed by atoms with van der Waals surface area (Å²) in [6.45, 7) is 4.22. The number of aryl methyl sites for hydroxylation is 1. The molecular formula is C15H16N2O3S. The Balaban J connectivity index is 1.70. The monoisotopic (exact) mass is 304 g/mol. The fourth-order valence-corrected chi connectivity index (χ4v) is 2.87. The Morgan fingerprint density at radius 2 is 2.24 bits per heavy atom. The maximum Gasteiger partial charge on any atom is 0.263 e. The number of carbonyl (C=O) groups excluding carboxylic acids is 1. The Labute approximate surface area is 126 Å². The molecule has 1 amide bonds. The lowest BCUT2D eigenvalue weighted by Crippen LogP contribution is -2.25. The molecule has 1 N–H and O–H groups in total. The number of thiazole rings is 1. The van der Waals surface area contributed by atoms with Gasteiger partial charge in [0.05, 0.1) is 17.2 Å². The van der Waals surface area contributed by atoms with E-state index < -0.39 is 0 Å².